The molecular weight excluding hydrogens is 390 g/mol. The monoisotopic (exact) mass is 407 g/mol. The summed E-state index contributed by atoms with van der Waals surface area (Å²) in [6.45, 7) is 1.79. The summed E-state index contributed by atoms with van der Waals surface area (Å²) in [7, 11) is 0. The number of benzene rings is 2. The molecule has 7 nitrogen and oxygen atoms in total. The zero-order chi connectivity index (χ0) is 20.8. The predicted molar refractivity (Wildman–Crippen MR) is 110 cm³/mol. The van der Waals surface area contributed by atoms with Crippen LogP contribution in [0.1, 0.15) is 24.1 Å². The van der Waals surface area contributed by atoms with Crippen molar-refractivity contribution in [3.8, 4) is 6.07 Å². The lowest BCUT2D eigenvalue weighted by atomic mass is 10.1. The number of aromatic nitrogens is 2. The summed E-state index contributed by atoms with van der Waals surface area (Å²) in [4.78, 5) is 32.1. The molecule has 3 rings (SSSR count). The first-order valence-corrected chi connectivity index (χ1v) is 9.32. The Labute approximate surface area is 172 Å². The summed E-state index contributed by atoms with van der Waals surface area (Å²) in [6.07, 6.45) is 0.571. The number of amides is 2. The van der Waals surface area contributed by atoms with Gasteiger partial charge in [-0.05, 0) is 36.2 Å². The van der Waals surface area contributed by atoms with Crippen molar-refractivity contribution in [3.05, 3.63) is 64.9 Å². The van der Waals surface area contributed by atoms with E-state index in [0.29, 0.717) is 29.7 Å². The molecule has 0 aliphatic carbocycles. The molecule has 0 radical (unpaired) electrons. The molecule has 2 aromatic carbocycles. The van der Waals surface area contributed by atoms with Crippen molar-refractivity contribution in [2.45, 2.75) is 19.3 Å². The van der Waals surface area contributed by atoms with Gasteiger partial charge in [-0.1, -0.05) is 35.9 Å². The topological polar surface area (TPSA) is 108 Å². The first-order valence-electron chi connectivity index (χ1n) is 8.94. The Hall–Kier alpha value is -3.50. The van der Waals surface area contributed by atoms with Gasteiger partial charge >= 0.3 is 0 Å². The summed E-state index contributed by atoms with van der Waals surface area (Å²) < 4.78 is 0. The Bertz CT molecular complexity index is 1090. The Kier molecular flexibility index (Phi) is 6.37. The molecule has 3 aromatic rings. The Morgan fingerprint density at radius 2 is 1.76 bits per heavy atom. The molecule has 1 atom stereocenters. The number of hydrogen-bond donors (Lipinski definition) is 2. The van der Waals surface area contributed by atoms with Crippen LogP contribution in [0.4, 0.5) is 5.69 Å². The van der Waals surface area contributed by atoms with Crippen LogP contribution >= 0.6 is 11.6 Å². The number of hydrogen-bond acceptors (Lipinski definition) is 5. The lowest BCUT2D eigenvalue weighted by Crippen LogP contribution is -2.31. The minimum absolute atomic E-state index is 0.0407. The molecule has 8 heteroatoms. The molecule has 1 heterocycles. The Balaban J connectivity index is 1.64. The van der Waals surface area contributed by atoms with Crippen molar-refractivity contribution in [1.29, 1.82) is 5.26 Å². The molecule has 0 aliphatic heterocycles. The largest absolute Gasteiger partial charge is 0.354 e. The van der Waals surface area contributed by atoms with Crippen LogP contribution in [0.3, 0.4) is 0 Å². The highest BCUT2D eigenvalue weighted by atomic mass is 35.5. The molecule has 0 saturated heterocycles. The predicted octanol–water partition coefficient (Wildman–Crippen LogP) is 3.21. The van der Waals surface area contributed by atoms with E-state index < -0.39 is 11.8 Å². The maximum atomic E-state index is 12.5. The van der Waals surface area contributed by atoms with E-state index in [9.17, 15) is 14.9 Å². The van der Waals surface area contributed by atoms with Gasteiger partial charge in [0.2, 0.25) is 11.8 Å². The van der Waals surface area contributed by atoms with Gasteiger partial charge in [-0.2, -0.15) is 5.26 Å². The molecule has 2 N–H and O–H groups in total. The molecule has 2 amide bonds. The summed E-state index contributed by atoms with van der Waals surface area (Å²) in [5.74, 6) is -1.77. The normalized spacial score (nSPS) is 11.5. The van der Waals surface area contributed by atoms with Crippen molar-refractivity contribution >= 4 is 40.1 Å². The van der Waals surface area contributed by atoms with Crippen LogP contribution in [0.2, 0.25) is 5.15 Å². The van der Waals surface area contributed by atoms with Crippen LogP contribution in [0, 0.1) is 11.3 Å². The third-order valence-electron chi connectivity index (χ3n) is 4.20. The number of anilines is 1. The average molecular weight is 408 g/mol. The van der Waals surface area contributed by atoms with Crippen LogP contribution < -0.4 is 10.6 Å². The van der Waals surface area contributed by atoms with Crippen LogP contribution in [-0.4, -0.2) is 28.3 Å². The number of halogens is 1. The van der Waals surface area contributed by atoms with E-state index in [-0.39, 0.29) is 16.8 Å². The molecule has 29 heavy (non-hydrogen) atoms. The molecule has 1 unspecified atom stereocenters. The molecule has 0 bridgehead atoms. The van der Waals surface area contributed by atoms with Crippen LogP contribution in [0.5, 0.6) is 0 Å². The van der Waals surface area contributed by atoms with Crippen molar-refractivity contribution in [2.75, 3.05) is 11.9 Å². The lowest BCUT2D eigenvalue weighted by molar-refractivity contribution is -0.121. The molecular formula is C21H18ClN5O2. The maximum absolute atomic E-state index is 12.5. The molecule has 0 aliphatic rings. The molecule has 0 saturated carbocycles. The van der Waals surface area contributed by atoms with Gasteiger partial charge in [-0.15, -0.1) is 0 Å². The maximum Gasteiger partial charge on any atom is 0.243 e. The van der Waals surface area contributed by atoms with E-state index in [1.54, 1.807) is 30.3 Å². The number of nitrogens with one attached hydrogen (secondary N) is 2. The van der Waals surface area contributed by atoms with E-state index in [0.717, 1.165) is 5.56 Å². The highest BCUT2D eigenvalue weighted by molar-refractivity contribution is 6.30. The standard InChI is InChI=1S/C21H18ClN5O2/c1-13(28)25-15-8-6-14(7-9-15)10-11-24-21(29)16(12-23)19-20(22)27-18-5-3-2-4-17(18)26-19/h2-9,16H,10-11H2,1H3,(H,24,29)(H,25,28). The van der Waals surface area contributed by atoms with Crippen LogP contribution in [0.25, 0.3) is 11.0 Å². The third kappa shape index (κ3) is 5.06. The Morgan fingerprint density at radius 1 is 1.10 bits per heavy atom. The van der Waals surface area contributed by atoms with Gasteiger partial charge in [0.1, 0.15) is 5.69 Å². The number of para-hydroxylation sites is 2. The van der Waals surface area contributed by atoms with Gasteiger partial charge in [0, 0.05) is 19.2 Å². The fourth-order valence-corrected chi connectivity index (χ4v) is 3.05. The number of rotatable bonds is 6. The molecule has 146 valence electrons. The zero-order valence-electron chi connectivity index (χ0n) is 15.6. The quantitative estimate of drug-likeness (QED) is 0.652. The summed E-state index contributed by atoms with van der Waals surface area (Å²) in [6, 6.07) is 16.4. The van der Waals surface area contributed by atoms with Gasteiger partial charge in [-0.3, -0.25) is 9.59 Å². The number of fused-ring (bicyclic) bond motifs is 1. The highest BCUT2D eigenvalue weighted by Crippen LogP contribution is 2.24. The van der Waals surface area contributed by atoms with Crippen molar-refractivity contribution in [3.63, 3.8) is 0 Å². The van der Waals surface area contributed by atoms with Crippen LogP contribution in [-0.2, 0) is 16.0 Å². The number of nitriles is 1. The summed E-state index contributed by atoms with van der Waals surface area (Å²) in [5, 5.41) is 15.0. The molecule has 0 fully saturated rings. The van der Waals surface area contributed by atoms with E-state index >= 15 is 0 Å². The fourth-order valence-electron chi connectivity index (χ4n) is 2.81. The number of nitrogens with zero attached hydrogens (tertiary/aromatic N) is 3. The minimum Gasteiger partial charge on any atom is -0.354 e. The SMILES string of the molecule is CC(=O)Nc1ccc(CCNC(=O)C(C#N)c2nc3ccccc3nc2Cl)cc1. The summed E-state index contributed by atoms with van der Waals surface area (Å²) >= 11 is 6.17. The molecule has 0 spiro atoms. The number of carbonyl (C=O) groups is 2. The number of carbonyl (C=O) groups excluding carboxylic acids is 2. The smallest absolute Gasteiger partial charge is 0.243 e. The van der Waals surface area contributed by atoms with E-state index in [4.69, 9.17) is 11.6 Å². The van der Waals surface area contributed by atoms with Gasteiger partial charge in [0.25, 0.3) is 0 Å². The van der Waals surface area contributed by atoms with Crippen LogP contribution in [0.15, 0.2) is 48.5 Å². The van der Waals surface area contributed by atoms with Crippen molar-refractivity contribution in [1.82, 2.24) is 15.3 Å². The fraction of sp³-hybridized carbons (Fsp3) is 0.190. The Morgan fingerprint density at radius 3 is 2.38 bits per heavy atom. The zero-order valence-corrected chi connectivity index (χ0v) is 16.4. The second kappa shape index (κ2) is 9.13. The van der Waals surface area contributed by atoms with Crippen molar-refractivity contribution in [2.24, 2.45) is 0 Å². The van der Waals surface area contributed by atoms with E-state index in [1.165, 1.54) is 6.92 Å². The average Bonchev–Trinajstić information content (AvgIpc) is 2.70. The first kappa shape index (κ1) is 20.2. The van der Waals surface area contributed by atoms with Gasteiger partial charge in [-0.25, -0.2) is 9.97 Å². The first-order chi connectivity index (χ1) is 14.0. The van der Waals surface area contributed by atoms with Gasteiger partial charge in [0.05, 0.1) is 17.1 Å². The lowest BCUT2D eigenvalue weighted by Gasteiger charge is -2.12. The van der Waals surface area contributed by atoms with E-state index in [1.807, 2.05) is 24.3 Å². The van der Waals surface area contributed by atoms with Gasteiger partial charge in [0.15, 0.2) is 11.1 Å². The second-order valence-corrected chi connectivity index (χ2v) is 6.73. The molecule has 1 aromatic heterocycles. The van der Waals surface area contributed by atoms with Crippen molar-refractivity contribution < 1.29 is 9.59 Å². The minimum atomic E-state index is -1.15. The second-order valence-electron chi connectivity index (χ2n) is 6.37. The third-order valence-corrected chi connectivity index (χ3v) is 4.48. The summed E-state index contributed by atoms with van der Waals surface area (Å²) in [5.41, 5.74) is 3.00. The van der Waals surface area contributed by atoms with E-state index in [2.05, 4.69) is 20.6 Å². The highest BCUT2D eigenvalue weighted by Gasteiger charge is 2.25. The van der Waals surface area contributed by atoms with Gasteiger partial charge < -0.3 is 10.6 Å².